The largest absolute Gasteiger partial charge is 0.465 e. The van der Waals surface area contributed by atoms with Crippen LogP contribution in [0.4, 0.5) is 0 Å². The molecule has 3 nitrogen and oxygen atoms in total. The first-order chi connectivity index (χ1) is 7.70. The maximum absolute atomic E-state index is 11.6. The van der Waals surface area contributed by atoms with Crippen LogP contribution in [0.25, 0.3) is 0 Å². The van der Waals surface area contributed by atoms with Crippen LogP contribution in [0.2, 0.25) is 0 Å². The fraction of sp³-hybridized carbons (Fsp3) is 0.769. The van der Waals surface area contributed by atoms with Crippen LogP contribution in [0.3, 0.4) is 0 Å². The third-order valence-electron chi connectivity index (χ3n) is 3.74. The van der Waals surface area contributed by atoms with Crippen LogP contribution in [0.5, 0.6) is 0 Å². The number of allylic oxidation sites excluding steroid dienone is 1. The Hall–Kier alpha value is -0.830. The number of piperidine rings is 1. The van der Waals surface area contributed by atoms with Crippen LogP contribution in [-0.4, -0.2) is 24.7 Å². The van der Waals surface area contributed by atoms with Crippen molar-refractivity contribution in [1.82, 2.24) is 5.32 Å². The number of nitrogens with one attached hydrogen (secondary N) is 1. The molecule has 1 saturated carbocycles. The Morgan fingerprint density at radius 1 is 1.50 bits per heavy atom. The minimum Gasteiger partial charge on any atom is -0.465 e. The monoisotopic (exact) mass is 223 g/mol. The molecule has 90 valence electrons. The Morgan fingerprint density at radius 2 is 2.31 bits per heavy atom. The van der Waals surface area contributed by atoms with E-state index in [1.807, 2.05) is 6.92 Å². The second-order valence-electron chi connectivity index (χ2n) is 4.91. The molecule has 0 aromatic heterocycles. The zero-order chi connectivity index (χ0) is 11.5. The first-order valence-corrected chi connectivity index (χ1v) is 6.30. The average Bonchev–Trinajstić information content (AvgIpc) is 2.28. The predicted molar refractivity (Wildman–Crippen MR) is 63.1 cm³/mol. The van der Waals surface area contributed by atoms with Gasteiger partial charge in [0.25, 0.3) is 0 Å². The van der Waals surface area contributed by atoms with Crippen LogP contribution in [0, 0.1) is 5.92 Å². The summed E-state index contributed by atoms with van der Waals surface area (Å²) in [5, 5.41) is 3.44. The number of esters is 1. The molecule has 0 aromatic rings. The quantitative estimate of drug-likeness (QED) is 0.575. The molecule has 0 bridgehead atoms. The number of carbonyl (C=O) groups excluding carboxylic acids is 1. The SMILES string of the molecule is C=C1CCC2NC(C(=O)OCC)CCC2C1. The molecule has 2 fully saturated rings. The Bertz CT molecular complexity index is 288. The first kappa shape index (κ1) is 11.6. The summed E-state index contributed by atoms with van der Waals surface area (Å²) in [6, 6.07) is 0.418. The van der Waals surface area contributed by atoms with Gasteiger partial charge in [-0.15, -0.1) is 0 Å². The lowest BCUT2D eigenvalue weighted by Gasteiger charge is -2.40. The van der Waals surface area contributed by atoms with E-state index in [9.17, 15) is 4.79 Å². The minimum atomic E-state index is -0.0784. The highest BCUT2D eigenvalue weighted by Gasteiger charge is 2.35. The van der Waals surface area contributed by atoms with Crippen molar-refractivity contribution >= 4 is 5.97 Å². The third-order valence-corrected chi connectivity index (χ3v) is 3.74. The lowest BCUT2D eigenvalue weighted by molar-refractivity contribution is -0.147. The van der Waals surface area contributed by atoms with E-state index >= 15 is 0 Å². The number of carbonyl (C=O) groups is 1. The van der Waals surface area contributed by atoms with E-state index < -0.39 is 0 Å². The van der Waals surface area contributed by atoms with Crippen LogP contribution in [-0.2, 0) is 9.53 Å². The van der Waals surface area contributed by atoms with Gasteiger partial charge in [0.05, 0.1) is 6.61 Å². The molecule has 0 spiro atoms. The van der Waals surface area contributed by atoms with Gasteiger partial charge in [-0.05, 0) is 44.9 Å². The van der Waals surface area contributed by atoms with Gasteiger partial charge in [-0.2, -0.15) is 0 Å². The molecular weight excluding hydrogens is 202 g/mol. The summed E-state index contributed by atoms with van der Waals surface area (Å²) in [5.41, 5.74) is 1.37. The van der Waals surface area contributed by atoms with Crippen LogP contribution < -0.4 is 5.32 Å². The molecule has 2 aliphatic rings. The molecule has 0 amide bonds. The first-order valence-electron chi connectivity index (χ1n) is 6.30. The van der Waals surface area contributed by atoms with E-state index in [4.69, 9.17) is 4.74 Å². The highest BCUT2D eigenvalue weighted by molar-refractivity contribution is 5.75. The van der Waals surface area contributed by atoms with Crippen molar-refractivity contribution < 1.29 is 9.53 Å². The van der Waals surface area contributed by atoms with Crippen molar-refractivity contribution in [3.8, 4) is 0 Å². The summed E-state index contributed by atoms with van der Waals surface area (Å²) in [6.07, 6.45) is 5.39. The normalized spacial score (nSPS) is 34.3. The van der Waals surface area contributed by atoms with Gasteiger partial charge in [-0.3, -0.25) is 4.79 Å². The minimum absolute atomic E-state index is 0.0763. The maximum Gasteiger partial charge on any atom is 0.323 e. The molecule has 1 heterocycles. The molecule has 1 saturated heterocycles. The van der Waals surface area contributed by atoms with Crippen molar-refractivity contribution in [2.45, 2.75) is 51.1 Å². The lowest BCUT2D eigenvalue weighted by atomic mass is 9.76. The van der Waals surface area contributed by atoms with Gasteiger partial charge in [0.2, 0.25) is 0 Å². The summed E-state index contributed by atoms with van der Waals surface area (Å²) in [4.78, 5) is 11.6. The molecule has 3 atom stereocenters. The molecule has 1 N–H and O–H groups in total. The highest BCUT2D eigenvalue weighted by atomic mass is 16.5. The van der Waals surface area contributed by atoms with Gasteiger partial charge >= 0.3 is 5.97 Å². The second-order valence-corrected chi connectivity index (χ2v) is 4.91. The predicted octanol–water partition coefficient (Wildman–Crippen LogP) is 2.03. The van der Waals surface area contributed by atoms with E-state index in [0.29, 0.717) is 18.6 Å². The number of fused-ring (bicyclic) bond motifs is 1. The smallest absolute Gasteiger partial charge is 0.323 e. The Kier molecular flexibility index (Phi) is 3.64. The second kappa shape index (κ2) is 5.00. The fourth-order valence-electron chi connectivity index (χ4n) is 2.88. The zero-order valence-corrected chi connectivity index (χ0v) is 10.00. The zero-order valence-electron chi connectivity index (χ0n) is 10.00. The summed E-state index contributed by atoms with van der Waals surface area (Å²) in [7, 11) is 0. The molecule has 1 aliphatic heterocycles. The maximum atomic E-state index is 11.6. The summed E-state index contributed by atoms with van der Waals surface area (Å²) in [5.74, 6) is 0.609. The number of rotatable bonds is 2. The number of ether oxygens (including phenoxy) is 1. The van der Waals surface area contributed by atoms with Gasteiger partial charge in [-0.1, -0.05) is 12.2 Å². The van der Waals surface area contributed by atoms with Crippen molar-refractivity contribution in [2.24, 2.45) is 5.92 Å². The molecular formula is C13H21NO2. The van der Waals surface area contributed by atoms with Gasteiger partial charge in [0.1, 0.15) is 6.04 Å². The Balaban J connectivity index is 1.90. The molecule has 1 aliphatic carbocycles. The van der Waals surface area contributed by atoms with Crippen molar-refractivity contribution in [3.63, 3.8) is 0 Å². The fourth-order valence-corrected chi connectivity index (χ4v) is 2.88. The van der Waals surface area contributed by atoms with Gasteiger partial charge in [-0.25, -0.2) is 0 Å². The Labute approximate surface area is 97.2 Å². The molecule has 2 rings (SSSR count). The summed E-state index contributed by atoms with van der Waals surface area (Å²) >= 11 is 0. The van der Waals surface area contributed by atoms with E-state index in [1.54, 1.807) is 0 Å². The van der Waals surface area contributed by atoms with Gasteiger partial charge in [0.15, 0.2) is 0 Å². The van der Waals surface area contributed by atoms with Crippen LogP contribution >= 0.6 is 0 Å². The lowest BCUT2D eigenvalue weighted by Crippen LogP contribution is -2.52. The van der Waals surface area contributed by atoms with E-state index in [-0.39, 0.29) is 12.0 Å². The summed E-state index contributed by atoms with van der Waals surface area (Å²) < 4.78 is 5.06. The van der Waals surface area contributed by atoms with Gasteiger partial charge < -0.3 is 10.1 Å². The van der Waals surface area contributed by atoms with Crippen LogP contribution in [0.1, 0.15) is 39.0 Å². The molecule has 3 unspecified atom stereocenters. The average molecular weight is 223 g/mol. The molecule has 16 heavy (non-hydrogen) atoms. The number of hydrogen-bond acceptors (Lipinski definition) is 3. The topological polar surface area (TPSA) is 38.3 Å². The van der Waals surface area contributed by atoms with Crippen molar-refractivity contribution in [3.05, 3.63) is 12.2 Å². The highest BCUT2D eigenvalue weighted by Crippen LogP contribution is 2.34. The van der Waals surface area contributed by atoms with Crippen molar-refractivity contribution in [1.29, 1.82) is 0 Å². The summed E-state index contributed by atoms with van der Waals surface area (Å²) in [6.45, 7) is 6.40. The molecule has 3 heteroatoms. The van der Waals surface area contributed by atoms with E-state index in [1.165, 1.54) is 5.57 Å². The Morgan fingerprint density at radius 3 is 3.06 bits per heavy atom. The third kappa shape index (κ3) is 2.46. The van der Waals surface area contributed by atoms with Crippen molar-refractivity contribution in [2.75, 3.05) is 6.61 Å². The van der Waals surface area contributed by atoms with E-state index in [0.717, 1.165) is 32.1 Å². The van der Waals surface area contributed by atoms with E-state index in [2.05, 4.69) is 11.9 Å². The molecule has 0 aromatic carbocycles. The van der Waals surface area contributed by atoms with Crippen LogP contribution in [0.15, 0.2) is 12.2 Å². The molecule has 0 radical (unpaired) electrons. The van der Waals surface area contributed by atoms with Gasteiger partial charge in [0, 0.05) is 6.04 Å². The number of hydrogen-bond donors (Lipinski definition) is 1. The standard InChI is InChI=1S/C13H21NO2/c1-3-16-13(15)12-7-5-10-8-9(2)4-6-11(10)14-12/h10-12,14H,2-8H2,1H3.